The molecule has 0 spiro atoms. The van der Waals surface area contributed by atoms with Gasteiger partial charge in [0.05, 0.1) is 0 Å². The van der Waals surface area contributed by atoms with Crippen LogP contribution in [0.25, 0.3) is 11.1 Å². The fraction of sp³-hybridized carbons (Fsp3) is 0.235. The van der Waals surface area contributed by atoms with Gasteiger partial charge in [0.15, 0.2) is 0 Å². The zero-order valence-electron chi connectivity index (χ0n) is 21.5. The molecule has 1 aliphatic heterocycles. The van der Waals surface area contributed by atoms with Crippen LogP contribution in [0, 0.1) is 0 Å². The second kappa shape index (κ2) is 8.89. The van der Waals surface area contributed by atoms with Crippen LogP contribution >= 0.6 is 0 Å². The first kappa shape index (κ1) is 23.2. The van der Waals surface area contributed by atoms with Crippen molar-refractivity contribution in [2.24, 2.45) is 0 Å². The SMILES string of the molecule is C=C(/C=C\C=C/C)/C1=C(\C)CCC2=CCC=C2N(c2ccc3c(c2)C(C)(C)c2ccccc2-3)C1=C. The van der Waals surface area contributed by atoms with Crippen LogP contribution in [-0.2, 0) is 5.41 Å². The standard InChI is InChI=1S/C34H35N/c1-7-8-9-13-23(2)33-24(3)18-19-26-14-12-17-32(26)35(25(33)4)27-20-21-29-28-15-10-11-16-30(28)34(5,6)31(29)22-27/h7-11,13-17,20-22H,2,4,12,18-19H2,1,3,5-6H3/b8-7-,13-9-,33-24-. The summed E-state index contributed by atoms with van der Waals surface area (Å²) in [5, 5.41) is 0. The molecule has 0 atom stereocenters. The first-order valence-electron chi connectivity index (χ1n) is 12.7. The Hall–Kier alpha value is -3.58. The second-order valence-electron chi connectivity index (χ2n) is 10.3. The van der Waals surface area contributed by atoms with Crippen LogP contribution in [0.3, 0.4) is 0 Å². The van der Waals surface area contributed by atoms with Crippen LogP contribution in [0.1, 0.15) is 58.1 Å². The van der Waals surface area contributed by atoms with Gasteiger partial charge in [-0.3, -0.25) is 0 Å². The molecule has 0 saturated carbocycles. The van der Waals surface area contributed by atoms with Crippen molar-refractivity contribution in [3.63, 3.8) is 0 Å². The van der Waals surface area contributed by atoms with Gasteiger partial charge in [0, 0.05) is 28.1 Å². The van der Waals surface area contributed by atoms with Crippen molar-refractivity contribution in [3.05, 3.63) is 137 Å². The fourth-order valence-corrected chi connectivity index (χ4v) is 5.92. The Kier molecular flexibility index (Phi) is 5.89. The van der Waals surface area contributed by atoms with Gasteiger partial charge in [-0.1, -0.05) is 99.4 Å². The Morgan fingerprint density at radius 1 is 0.971 bits per heavy atom. The maximum absolute atomic E-state index is 4.67. The van der Waals surface area contributed by atoms with Crippen molar-refractivity contribution >= 4 is 5.69 Å². The highest BCUT2D eigenvalue weighted by Gasteiger charge is 2.36. The molecule has 5 rings (SSSR count). The van der Waals surface area contributed by atoms with Gasteiger partial charge in [-0.25, -0.2) is 0 Å². The number of allylic oxidation sites excluding steroid dienone is 9. The number of hydrogen-bond acceptors (Lipinski definition) is 1. The molecule has 1 heterocycles. The maximum atomic E-state index is 4.67. The summed E-state index contributed by atoms with van der Waals surface area (Å²) >= 11 is 0. The first-order chi connectivity index (χ1) is 16.8. The van der Waals surface area contributed by atoms with Crippen molar-refractivity contribution in [1.29, 1.82) is 0 Å². The Balaban J connectivity index is 1.65. The minimum atomic E-state index is -0.0395. The lowest BCUT2D eigenvalue weighted by atomic mass is 9.82. The zero-order chi connectivity index (χ0) is 24.7. The molecule has 1 heteroatoms. The van der Waals surface area contributed by atoms with Crippen LogP contribution in [0.4, 0.5) is 5.69 Å². The van der Waals surface area contributed by atoms with Crippen LogP contribution in [0.5, 0.6) is 0 Å². The summed E-state index contributed by atoms with van der Waals surface area (Å²) < 4.78 is 0. The highest BCUT2D eigenvalue weighted by molar-refractivity contribution is 5.84. The van der Waals surface area contributed by atoms with Crippen molar-refractivity contribution in [2.75, 3.05) is 4.90 Å². The zero-order valence-corrected chi connectivity index (χ0v) is 21.5. The topological polar surface area (TPSA) is 3.24 Å². The van der Waals surface area contributed by atoms with Crippen molar-refractivity contribution in [3.8, 4) is 11.1 Å². The predicted octanol–water partition coefficient (Wildman–Crippen LogP) is 9.33. The Morgan fingerprint density at radius 2 is 1.74 bits per heavy atom. The van der Waals surface area contributed by atoms with Gasteiger partial charge in [0.25, 0.3) is 0 Å². The highest BCUT2D eigenvalue weighted by atomic mass is 15.2. The van der Waals surface area contributed by atoms with Crippen molar-refractivity contribution in [2.45, 2.75) is 52.4 Å². The van der Waals surface area contributed by atoms with Gasteiger partial charge < -0.3 is 4.90 Å². The molecule has 3 aliphatic rings. The van der Waals surface area contributed by atoms with Crippen LogP contribution in [-0.4, -0.2) is 0 Å². The Bertz CT molecular complexity index is 1380. The third-order valence-corrected chi connectivity index (χ3v) is 7.75. The summed E-state index contributed by atoms with van der Waals surface area (Å²) in [5.41, 5.74) is 13.8. The molecule has 0 bridgehead atoms. The summed E-state index contributed by atoms with van der Waals surface area (Å²) in [7, 11) is 0. The van der Waals surface area contributed by atoms with Crippen LogP contribution in [0.15, 0.2) is 126 Å². The molecule has 35 heavy (non-hydrogen) atoms. The molecular weight excluding hydrogens is 422 g/mol. The lowest BCUT2D eigenvalue weighted by Crippen LogP contribution is -2.26. The normalized spacial score (nSPS) is 20.9. The van der Waals surface area contributed by atoms with Gasteiger partial charge in [-0.05, 0) is 78.6 Å². The summed E-state index contributed by atoms with van der Waals surface area (Å²) in [4.78, 5) is 2.38. The van der Waals surface area contributed by atoms with Gasteiger partial charge in [-0.15, -0.1) is 0 Å². The lowest BCUT2D eigenvalue weighted by molar-refractivity contribution is 0.660. The lowest BCUT2D eigenvalue weighted by Gasteiger charge is -2.35. The summed E-state index contributed by atoms with van der Waals surface area (Å²) in [5.74, 6) is 0. The minimum absolute atomic E-state index is 0.0395. The summed E-state index contributed by atoms with van der Waals surface area (Å²) in [6.45, 7) is 18.1. The molecule has 0 amide bonds. The monoisotopic (exact) mass is 457 g/mol. The van der Waals surface area contributed by atoms with E-state index >= 15 is 0 Å². The quantitative estimate of drug-likeness (QED) is 0.413. The third kappa shape index (κ3) is 3.80. The number of fused-ring (bicyclic) bond motifs is 4. The van der Waals surface area contributed by atoms with Gasteiger partial charge in [-0.2, -0.15) is 0 Å². The molecule has 0 fully saturated rings. The predicted molar refractivity (Wildman–Crippen MR) is 151 cm³/mol. The van der Waals surface area contributed by atoms with Crippen LogP contribution in [0.2, 0.25) is 0 Å². The van der Waals surface area contributed by atoms with E-state index in [1.165, 1.54) is 50.4 Å². The molecule has 0 N–H and O–H groups in total. The molecule has 2 aromatic rings. The fourth-order valence-electron chi connectivity index (χ4n) is 5.92. The van der Waals surface area contributed by atoms with E-state index in [0.29, 0.717) is 0 Å². The van der Waals surface area contributed by atoms with Gasteiger partial charge >= 0.3 is 0 Å². The average molecular weight is 458 g/mol. The van der Waals surface area contributed by atoms with Gasteiger partial charge in [0.2, 0.25) is 0 Å². The van der Waals surface area contributed by atoms with E-state index in [9.17, 15) is 0 Å². The average Bonchev–Trinajstić information content (AvgIpc) is 3.38. The minimum Gasteiger partial charge on any atom is -0.311 e. The molecule has 2 aliphatic carbocycles. The molecule has 0 radical (unpaired) electrons. The molecule has 176 valence electrons. The number of nitrogens with zero attached hydrogens (tertiary/aromatic N) is 1. The van der Waals surface area contributed by atoms with E-state index in [2.05, 4.69) is 106 Å². The number of rotatable bonds is 4. The molecule has 0 aromatic heterocycles. The highest BCUT2D eigenvalue weighted by Crippen LogP contribution is 2.50. The maximum Gasteiger partial charge on any atom is 0.0467 e. The Morgan fingerprint density at radius 3 is 2.54 bits per heavy atom. The Labute approximate surface area is 210 Å². The molecular formula is C34H35N. The smallest absolute Gasteiger partial charge is 0.0467 e. The number of benzene rings is 2. The molecule has 0 saturated heterocycles. The third-order valence-electron chi connectivity index (χ3n) is 7.75. The molecule has 1 nitrogen and oxygen atoms in total. The van der Waals surface area contributed by atoms with Gasteiger partial charge in [0.1, 0.15) is 0 Å². The number of anilines is 1. The van der Waals surface area contributed by atoms with E-state index in [1.54, 1.807) is 0 Å². The van der Waals surface area contributed by atoms with E-state index in [1.807, 2.05) is 19.1 Å². The second-order valence-corrected chi connectivity index (χ2v) is 10.3. The van der Waals surface area contributed by atoms with Crippen molar-refractivity contribution in [1.82, 2.24) is 0 Å². The van der Waals surface area contributed by atoms with Crippen molar-refractivity contribution < 1.29 is 0 Å². The molecule has 0 unspecified atom stereocenters. The van der Waals surface area contributed by atoms with E-state index in [-0.39, 0.29) is 5.41 Å². The van der Waals surface area contributed by atoms with Crippen LogP contribution < -0.4 is 4.90 Å². The number of hydrogen-bond donors (Lipinski definition) is 0. The summed E-state index contributed by atoms with van der Waals surface area (Å²) in [6, 6.07) is 15.8. The van der Waals surface area contributed by atoms with E-state index < -0.39 is 0 Å². The van der Waals surface area contributed by atoms with E-state index in [0.717, 1.165) is 30.5 Å². The first-order valence-corrected chi connectivity index (χ1v) is 12.7. The largest absolute Gasteiger partial charge is 0.311 e. The summed E-state index contributed by atoms with van der Waals surface area (Å²) in [6.07, 6.45) is 16.0. The molecule has 2 aromatic carbocycles. The van der Waals surface area contributed by atoms with E-state index in [4.69, 9.17) is 0 Å².